The van der Waals surface area contributed by atoms with E-state index < -0.39 is 0 Å². The van der Waals surface area contributed by atoms with Crippen molar-refractivity contribution in [2.24, 2.45) is 5.84 Å². The highest BCUT2D eigenvalue weighted by atomic mass is 16.2. The van der Waals surface area contributed by atoms with Crippen LogP contribution in [0.15, 0.2) is 24.3 Å². The van der Waals surface area contributed by atoms with Crippen LogP contribution in [0.4, 0.5) is 0 Å². The molecule has 1 aromatic rings. The molecule has 0 saturated carbocycles. The molecule has 1 aliphatic rings. The molecule has 1 atom stereocenters. The van der Waals surface area contributed by atoms with Gasteiger partial charge in [-0.2, -0.15) is 0 Å². The van der Waals surface area contributed by atoms with Crippen molar-refractivity contribution in [3.05, 3.63) is 35.4 Å². The van der Waals surface area contributed by atoms with Gasteiger partial charge in [-0.1, -0.05) is 12.1 Å². The lowest BCUT2D eigenvalue weighted by molar-refractivity contribution is -0.139. The lowest BCUT2D eigenvalue weighted by Gasteiger charge is -2.31. The molecule has 1 fully saturated rings. The number of nitrogens with zero attached hydrogens (tertiary/aromatic N) is 1. The fourth-order valence-corrected chi connectivity index (χ4v) is 2.04. The summed E-state index contributed by atoms with van der Waals surface area (Å²) >= 11 is 0. The van der Waals surface area contributed by atoms with Gasteiger partial charge < -0.3 is 0 Å². The zero-order chi connectivity index (χ0) is 14.7. The van der Waals surface area contributed by atoms with Gasteiger partial charge in [0.2, 0.25) is 11.8 Å². The highest BCUT2D eigenvalue weighted by molar-refractivity contribution is 6.00. The third-order valence-electron chi connectivity index (χ3n) is 3.27. The third kappa shape index (κ3) is 3.01. The Labute approximate surface area is 116 Å². The van der Waals surface area contributed by atoms with E-state index in [1.54, 1.807) is 36.1 Å². The number of imide groups is 1. The number of hydrogen-bond donors (Lipinski definition) is 3. The van der Waals surface area contributed by atoms with E-state index >= 15 is 0 Å². The molecule has 0 aromatic heterocycles. The molecule has 0 bridgehead atoms. The van der Waals surface area contributed by atoms with E-state index in [2.05, 4.69) is 10.7 Å². The number of piperazine rings is 1. The van der Waals surface area contributed by atoms with Crippen molar-refractivity contribution in [3.63, 3.8) is 0 Å². The maximum Gasteiger partial charge on any atom is 0.265 e. The molecule has 4 N–H and O–H groups in total. The smallest absolute Gasteiger partial charge is 0.265 e. The number of rotatable bonds is 3. The van der Waals surface area contributed by atoms with Crippen LogP contribution in [0.5, 0.6) is 0 Å². The number of nitrogen functional groups attached to an aromatic ring is 1. The molecule has 1 aliphatic heterocycles. The van der Waals surface area contributed by atoms with Crippen molar-refractivity contribution in [2.75, 3.05) is 6.54 Å². The minimum atomic E-state index is -0.363. The van der Waals surface area contributed by atoms with Gasteiger partial charge >= 0.3 is 0 Å². The summed E-state index contributed by atoms with van der Waals surface area (Å²) in [6.07, 6.45) is 0. The van der Waals surface area contributed by atoms with Gasteiger partial charge in [-0.15, -0.1) is 0 Å². The quantitative estimate of drug-likeness (QED) is 0.288. The SMILES string of the molecule is CC1C(=O)NC(=O)CN1Cc1ccc(C(=O)NN)cc1. The molecule has 7 heteroatoms. The van der Waals surface area contributed by atoms with Crippen molar-refractivity contribution < 1.29 is 14.4 Å². The molecule has 0 aliphatic carbocycles. The third-order valence-corrected chi connectivity index (χ3v) is 3.27. The molecule has 1 aromatic carbocycles. The number of amides is 3. The van der Waals surface area contributed by atoms with Crippen LogP contribution >= 0.6 is 0 Å². The van der Waals surface area contributed by atoms with Gasteiger partial charge in [0.25, 0.3) is 5.91 Å². The van der Waals surface area contributed by atoms with E-state index in [0.717, 1.165) is 5.56 Å². The van der Waals surface area contributed by atoms with Crippen molar-refractivity contribution in [1.82, 2.24) is 15.6 Å². The molecule has 106 valence electrons. The van der Waals surface area contributed by atoms with Gasteiger partial charge in [0.15, 0.2) is 0 Å². The normalized spacial score (nSPS) is 19.6. The largest absolute Gasteiger partial charge is 0.294 e. The number of carbonyl (C=O) groups is 3. The monoisotopic (exact) mass is 276 g/mol. The number of benzene rings is 1. The molecule has 7 nitrogen and oxygen atoms in total. The minimum Gasteiger partial charge on any atom is -0.294 e. The van der Waals surface area contributed by atoms with Crippen molar-refractivity contribution >= 4 is 17.7 Å². The summed E-state index contributed by atoms with van der Waals surface area (Å²) in [6, 6.07) is 6.48. The lowest BCUT2D eigenvalue weighted by Crippen LogP contribution is -2.56. The molecule has 1 saturated heterocycles. The molecular weight excluding hydrogens is 260 g/mol. The molecule has 20 heavy (non-hydrogen) atoms. The minimum absolute atomic E-state index is 0.179. The maximum absolute atomic E-state index is 11.5. The van der Waals surface area contributed by atoms with E-state index in [4.69, 9.17) is 5.84 Å². The zero-order valence-electron chi connectivity index (χ0n) is 11.1. The summed E-state index contributed by atoms with van der Waals surface area (Å²) in [5.41, 5.74) is 3.42. The first-order chi connectivity index (χ1) is 9.51. The van der Waals surface area contributed by atoms with Gasteiger partial charge in [0, 0.05) is 12.1 Å². The molecule has 1 heterocycles. The standard InChI is InChI=1S/C13H16N4O3/c1-8-12(19)15-11(18)7-17(8)6-9-2-4-10(5-3-9)13(20)16-14/h2-5,8H,6-7,14H2,1H3,(H,16,20)(H,15,18,19). The van der Waals surface area contributed by atoms with Crippen LogP contribution in [0.3, 0.4) is 0 Å². The maximum atomic E-state index is 11.5. The summed E-state index contributed by atoms with van der Waals surface area (Å²) in [5.74, 6) is 4.10. The Balaban J connectivity index is 2.07. The fraction of sp³-hybridized carbons (Fsp3) is 0.308. The molecule has 3 amide bonds. The molecule has 0 spiro atoms. The Morgan fingerprint density at radius 1 is 1.40 bits per heavy atom. The highest BCUT2D eigenvalue weighted by Crippen LogP contribution is 2.12. The van der Waals surface area contributed by atoms with Crippen LogP contribution in [0.2, 0.25) is 0 Å². The summed E-state index contributed by atoms with van der Waals surface area (Å²) < 4.78 is 0. The second-order valence-electron chi connectivity index (χ2n) is 4.66. The predicted octanol–water partition coefficient (Wildman–Crippen LogP) is -0.863. The number of nitrogens with one attached hydrogen (secondary N) is 2. The van der Waals surface area contributed by atoms with Crippen LogP contribution in [-0.2, 0) is 16.1 Å². The average Bonchev–Trinajstić information content (AvgIpc) is 2.44. The van der Waals surface area contributed by atoms with Crippen LogP contribution in [-0.4, -0.2) is 35.2 Å². The van der Waals surface area contributed by atoms with Crippen molar-refractivity contribution in [1.29, 1.82) is 0 Å². The number of carbonyl (C=O) groups excluding carboxylic acids is 3. The van der Waals surface area contributed by atoms with E-state index in [1.165, 1.54) is 0 Å². The average molecular weight is 276 g/mol. The van der Waals surface area contributed by atoms with Gasteiger partial charge in [-0.25, -0.2) is 5.84 Å². The van der Waals surface area contributed by atoms with Gasteiger partial charge in [-0.05, 0) is 24.6 Å². The zero-order valence-corrected chi connectivity index (χ0v) is 11.1. The Morgan fingerprint density at radius 3 is 2.65 bits per heavy atom. The second-order valence-corrected chi connectivity index (χ2v) is 4.66. The van der Waals surface area contributed by atoms with Crippen LogP contribution in [0.25, 0.3) is 0 Å². The molecular formula is C13H16N4O3. The molecule has 2 rings (SSSR count). The number of hydrogen-bond acceptors (Lipinski definition) is 5. The van der Waals surface area contributed by atoms with E-state index in [9.17, 15) is 14.4 Å². The number of nitrogens with two attached hydrogens (primary N) is 1. The van der Waals surface area contributed by atoms with E-state index in [0.29, 0.717) is 12.1 Å². The van der Waals surface area contributed by atoms with Crippen molar-refractivity contribution in [2.45, 2.75) is 19.5 Å². The van der Waals surface area contributed by atoms with Crippen LogP contribution in [0.1, 0.15) is 22.8 Å². The molecule has 1 unspecified atom stereocenters. The Bertz CT molecular complexity index is 541. The Hall–Kier alpha value is -2.25. The first-order valence-electron chi connectivity index (χ1n) is 6.19. The summed E-state index contributed by atoms with van der Waals surface area (Å²) in [6.45, 7) is 2.39. The van der Waals surface area contributed by atoms with Gasteiger partial charge in [-0.3, -0.25) is 30.0 Å². The summed E-state index contributed by atoms with van der Waals surface area (Å²) in [5, 5.41) is 2.29. The Morgan fingerprint density at radius 2 is 2.05 bits per heavy atom. The van der Waals surface area contributed by atoms with E-state index in [-0.39, 0.29) is 30.3 Å². The number of hydrazine groups is 1. The second kappa shape index (κ2) is 5.81. The molecule has 0 radical (unpaired) electrons. The summed E-state index contributed by atoms with van der Waals surface area (Å²) in [4.78, 5) is 36.0. The summed E-state index contributed by atoms with van der Waals surface area (Å²) in [7, 11) is 0. The Kier molecular flexibility index (Phi) is 4.11. The first-order valence-corrected chi connectivity index (χ1v) is 6.19. The van der Waals surface area contributed by atoms with Gasteiger partial charge in [0.05, 0.1) is 12.6 Å². The van der Waals surface area contributed by atoms with Gasteiger partial charge in [0.1, 0.15) is 0 Å². The van der Waals surface area contributed by atoms with Crippen LogP contribution < -0.4 is 16.6 Å². The van der Waals surface area contributed by atoms with Crippen molar-refractivity contribution in [3.8, 4) is 0 Å². The first kappa shape index (κ1) is 14.2. The van der Waals surface area contributed by atoms with Crippen LogP contribution in [0, 0.1) is 0 Å². The fourth-order valence-electron chi connectivity index (χ4n) is 2.04. The lowest BCUT2D eigenvalue weighted by atomic mass is 10.1. The topological polar surface area (TPSA) is 105 Å². The van der Waals surface area contributed by atoms with E-state index in [1.807, 2.05) is 0 Å². The highest BCUT2D eigenvalue weighted by Gasteiger charge is 2.29. The predicted molar refractivity (Wildman–Crippen MR) is 71.1 cm³/mol.